The van der Waals surface area contributed by atoms with E-state index in [1.54, 1.807) is 0 Å². The first-order valence-electron chi connectivity index (χ1n) is 5.77. The van der Waals surface area contributed by atoms with Gasteiger partial charge in [0.25, 0.3) is 0 Å². The number of nitrogens with one attached hydrogen (secondary N) is 2. The number of amides is 1. The second-order valence-electron chi connectivity index (χ2n) is 5.15. The van der Waals surface area contributed by atoms with Gasteiger partial charge in [0, 0.05) is 6.54 Å². The van der Waals surface area contributed by atoms with Crippen molar-refractivity contribution in [2.75, 3.05) is 13.1 Å². The van der Waals surface area contributed by atoms with Crippen LogP contribution in [0.25, 0.3) is 0 Å². The standard InChI is InChI=1S/C11H22N2O3/c1-11(2,3)16-10(15)13-7-8-9(14)5-4-6-12-8/h8-9,12,14H,4-7H2,1-3H3,(H,13,15). The highest BCUT2D eigenvalue weighted by atomic mass is 16.6. The van der Waals surface area contributed by atoms with E-state index in [1.807, 2.05) is 20.8 Å². The van der Waals surface area contributed by atoms with Crippen LogP contribution in [0.1, 0.15) is 33.6 Å². The average molecular weight is 230 g/mol. The summed E-state index contributed by atoms with van der Waals surface area (Å²) in [5.74, 6) is 0. The third kappa shape index (κ3) is 4.81. The molecule has 1 fully saturated rings. The molecular formula is C11H22N2O3. The van der Waals surface area contributed by atoms with Gasteiger partial charge in [-0.05, 0) is 40.2 Å². The minimum atomic E-state index is -0.483. The summed E-state index contributed by atoms with van der Waals surface area (Å²) in [6.07, 6.45) is 0.938. The predicted octanol–water partition coefficient (Wildman–Crippen LogP) is 0.624. The Morgan fingerprint density at radius 1 is 1.56 bits per heavy atom. The normalized spacial score (nSPS) is 26.2. The number of alkyl carbamates (subject to hydrolysis) is 1. The summed E-state index contributed by atoms with van der Waals surface area (Å²) in [7, 11) is 0. The zero-order valence-electron chi connectivity index (χ0n) is 10.2. The summed E-state index contributed by atoms with van der Waals surface area (Å²) in [6, 6.07) is -0.0683. The molecule has 94 valence electrons. The molecule has 0 saturated carbocycles. The molecule has 16 heavy (non-hydrogen) atoms. The molecule has 0 aromatic rings. The van der Waals surface area contributed by atoms with Gasteiger partial charge in [0.1, 0.15) is 5.60 Å². The lowest BCUT2D eigenvalue weighted by Gasteiger charge is -2.29. The fourth-order valence-corrected chi connectivity index (χ4v) is 1.65. The number of carbonyl (C=O) groups is 1. The first kappa shape index (κ1) is 13.3. The number of carbonyl (C=O) groups excluding carboxylic acids is 1. The maximum Gasteiger partial charge on any atom is 0.407 e. The van der Waals surface area contributed by atoms with Crippen LogP contribution in [0.2, 0.25) is 0 Å². The highest BCUT2D eigenvalue weighted by Gasteiger charge is 2.23. The van der Waals surface area contributed by atoms with Gasteiger partial charge < -0.3 is 20.5 Å². The van der Waals surface area contributed by atoms with Gasteiger partial charge in [-0.3, -0.25) is 0 Å². The van der Waals surface area contributed by atoms with Crippen LogP contribution in [0.3, 0.4) is 0 Å². The van der Waals surface area contributed by atoms with E-state index in [0.29, 0.717) is 6.54 Å². The number of aliphatic hydroxyl groups is 1. The van der Waals surface area contributed by atoms with Crippen LogP contribution in [0.15, 0.2) is 0 Å². The van der Waals surface area contributed by atoms with E-state index >= 15 is 0 Å². The summed E-state index contributed by atoms with van der Waals surface area (Å²) >= 11 is 0. The third-order valence-corrected chi connectivity index (χ3v) is 2.41. The van der Waals surface area contributed by atoms with Crippen molar-refractivity contribution in [2.45, 2.75) is 51.4 Å². The Hall–Kier alpha value is -0.810. The molecule has 0 aromatic heterocycles. The molecule has 3 N–H and O–H groups in total. The number of hydrogen-bond donors (Lipinski definition) is 3. The molecule has 0 aromatic carbocycles. The number of rotatable bonds is 2. The monoisotopic (exact) mass is 230 g/mol. The van der Waals surface area contributed by atoms with E-state index in [1.165, 1.54) is 0 Å². The summed E-state index contributed by atoms with van der Waals surface area (Å²) in [4.78, 5) is 11.4. The van der Waals surface area contributed by atoms with Crippen molar-refractivity contribution in [3.8, 4) is 0 Å². The molecule has 1 saturated heterocycles. The minimum absolute atomic E-state index is 0.0683. The summed E-state index contributed by atoms with van der Waals surface area (Å²) in [5, 5.41) is 15.5. The maximum atomic E-state index is 11.4. The van der Waals surface area contributed by atoms with Crippen LogP contribution in [0, 0.1) is 0 Å². The Morgan fingerprint density at radius 3 is 2.81 bits per heavy atom. The van der Waals surface area contributed by atoms with E-state index in [2.05, 4.69) is 10.6 Å². The van der Waals surface area contributed by atoms with Crippen molar-refractivity contribution in [3.63, 3.8) is 0 Å². The largest absolute Gasteiger partial charge is 0.444 e. The number of aliphatic hydroxyl groups excluding tert-OH is 1. The van der Waals surface area contributed by atoms with Gasteiger partial charge in [0.15, 0.2) is 0 Å². The number of hydrogen-bond acceptors (Lipinski definition) is 4. The number of ether oxygens (including phenoxy) is 1. The second kappa shape index (κ2) is 5.50. The van der Waals surface area contributed by atoms with E-state index in [0.717, 1.165) is 19.4 Å². The SMILES string of the molecule is CC(C)(C)OC(=O)NCC1NCCCC1O. The molecule has 1 aliphatic heterocycles. The van der Waals surface area contributed by atoms with Gasteiger partial charge >= 0.3 is 6.09 Å². The Kier molecular flexibility index (Phi) is 4.56. The van der Waals surface area contributed by atoms with Gasteiger partial charge in [0.05, 0.1) is 12.1 Å². The summed E-state index contributed by atoms with van der Waals surface area (Å²) in [5.41, 5.74) is -0.483. The molecule has 5 heteroatoms. The van der Waals surface area contributed by atoms with E-state index in [4.69, 9.17) is 4.74 Å². The van der Waals surface area contributed by atoms with Crippen molar-refractivity contribution < 1.29 is 14.6 Å². The fourth-order valence-electron chi connectivity index (χ4n) is 1.65. The lowest BCUT2D eigenvalue weighted by molar-refractivity contribution is 0.0486. The van der Waals surface area contributed by atoms with Crippen LogP contribution < -0.4 is 10.6 Å². The Labute approximate surface area is 96.6 Å². The van der Waals surface area contributed by atoms with Crippen LogP contribution >= 0.6 is 0 Å². The first-order chi connectivity index (χ1) is 7.38. The molecule has 1 heterocycles. The van der Waals surface area contributed by atoms with Gasteiger partial charge in [0.2, 0.25) is 0 Å². The third-order valence-electron chi connectivity index (χ3n) is 2.41. The molecule has 2 unspecified atom stereocenters. The zero-order chi connectivity index (χ0) is 12.2. The van der Waals surface area contributed by atoms with Crippen LogP contribution in [-0.4, -0.2) is 42.0 Å². The molecule has 2 atom stereocenters. The predicted molar refractivity (Wildman–Crippen MR) is 61.3 cm³/mol. The summed E-state index contributed by atoms with van der Waals surface area (Å²) < 4.78 is 5.10. The Balaban J connectivity index is 2.25. The van der Waals surface area contributed by atoms with Crippen LogP contribution in [0.5, 0.6) is 0 Å². The second-order valence-corrected chi connectivity index (χ2v) is 5.15. The Bertz CT molecular complexity index is 238. The maximum absolute atomic E-state index is 11.4. The van der Waals surface area contributed by atoms with Crippen molar-refractivity contribution >= 4 is 6.09 Å². The zero-order valence-corrected chi connectivity index (χ0v) is 10.2. The van der Waals surface area contributed by atoms with Gasteiger partial charge in [-0.25, -0.2) is 4.79 Å². The fraction of sp³-hybridized carbons (Fsp3) is 0.909. The van der Waals surface area contributed by atoms with Crippen molar-refractivity contribution in [3.05, 3.63) is 0 Å². The highest BCUT2D eigenvalue weighted by molar-refractivity contribution is 5.67. The molecule has 1 rings (SSSR count). The van der Waals surface area contributed by atoms with Crippen molar-refractivity contribution in [1.29, 1.82) is 0 Å². The van der Waals surface area contributed by atoms with Crippen molar-refractivity contribution in [1.82, 2.24) is 10.6 Å². The highest BCUT2D eigenvalue weighted by Crippen LogP contribution is 2.09. The van der Waals surface area contributed by atoms with Gasteiger partial charge in [-0.2, -0.15) is 0 Å². The lowest BCUT2D eigenvalue weighted by atomic mass is 10.0. The van der Waals surface area contributed by atoms with Crippen LogP contribution in [-0.2, 0) is 4.74 Å². The average Bonchev–Trinajstić information content (AvgIpc) is 2.14. The summed E-state index contributed by atoms with van der Waals surface area (Å²) in [6.45, 7) is 6.74. The quantitative estimate of drug-likeness (QED) is 0.650. The Morgan fingerprint density at radius 2 is 2.25 bits per heavy atom. The first-order valence-corrected chi connectivity index (χ1v) is 5.77. The molecule has 0 radical (unpaired) electrons. The molecule has 5 nitrogen and oxygen atoms in total. The van der Waals surface area contributed by atoms with E-state index in [9.17, 15) is 9.90 Å². The topological polar surface area (TPSA) is 70.6 Å². The van der Waals surface area contributed by atoms with Gasteiger partial charge in [-0.15, -0.1) is 0 Å². The van der Waals surface area contributed by atoms with Crippen LogP contribution in [0.4, 0.5) is 4.79 Å². The molecule has 0 spiro atoms. The molecule has 1 aliphatic rings. The molecule has 0 aliphatic carbocycles. The lowest BCUT2D eigenvalue weighted by Crippen LogP contribution is -2.51. The van der Waals surface area contributed by atoms with E-state index in [-0.39, 0.29) is 12.1 Å². The number of piperidine rings is 1. The molecule has 1 amide bonds. The smallest absolute Gasteiger partial charge is 0.407 e. The van der Waals surface area contributed by atoms with Crippen molar-refractivity contribution in [2.24, 2.45) is 0 Å². The minimum Gasteiger partial charge on any atom is -0.444 e. The molecule has 0 bridgehead atoms. The van der Waals surface area contributed by atoms with E-state index < -0.39 is 11.7 Å². The molecular weight excluding hydrogens is 208 g/mol. The van der Waals surface area contributed by atoms with Gasteiger partial charge in [-0.1, -0.05) is 0 Å².